The fraction of sp³-hybridized carbons (Fsp3) is 0.471. The average Bonchev–Trinajstić information content (AvgIpc) is 2.75. The Balaban J connectivity index is 2.46. The first-order valence-electron chi connectivity index (χ1n) is 7.64. The van der Waals surface area contributed by atoms with Crippen LogP contribution < -0.4 is 4.72 Å². The predicted octanol–water partition coefficient (Wildman–Crippen LogP) is 3.00. The lowest BCUT2D eigenvalue weighted by atomic mass is 10.0. The maximum Gasteiger partial charge on any atom is 0.241 e. The van der Waals surface area contributed by atoms with Crippen LogP contribution in [0.2, 0.25) is 0 Å². The number of aryl methyl sites for hydroxylation is 4. The van der Waals surface area contributed by atoms with E-state index in [1.807, 2.05) is 60.9 Å². The number of nitrogens with zero attached hydrogens (tertiary/aromatic N) is 2. The molecule has 1 unspecified atom stereocenters. The summed E-state index contributed by atoms with van der Waals surface area (Å²) >= 11 is 0. The third-order valence-corrected chi connectivity index (χ3v) is 6.23. The first-order chi connectivity index (χ1) is 10.5. The summed E-state index contributed by atoms with van der Waals surface area (Å²) in [7, 11) is -1.78. The summed E-state index contributed by atoms with van der Waals surface area (Å²) < 4.78 is 30.4. The number of sulfonamides is 1. The van der Waals surface area contributed by atoms with Gasteiger partial charge in [-0.15, -0.1) is 0 Å². The quantitative estimate of drug-likeness (QED) is 0.934. The highest BCUT2D eigenvalue weighted by Crippen LogP contribution is 2.27. The molecule has 1 N–H and O–H groups in total. The summed E-state index contributed by atoms with van der Waals surface area (Å²) in [6.07, 6.45) is 1.85. The van der Waals surface area contributed by atoms with Gasteiger partial charge in [0.1, 0.15) is 0 Å². The van der Waals surface area contributed by atoms with E-state index < -0.39 is 10.0 Å². The molecule has 23 heavy (non-hydrogen) atoms. The van der Waals surface area contributed by atoms with Gasteiger partial charge in [0, 0.05) is 24.8 Å². The molecule has 0 aliphatic rings. The summed E-state index contributed by atoms with van der Waals surface area (Å²) in [5, 5.41) is 4.28. The standard InChI is InChI=1S/C17H25N3O2S/c1-10-8-11(2)13(4)17(12(10)3)23(21,22)19-15(6)16-9-20(7)18-14(16)5/h8-9,15,19H,1-7H3. The summed E-state index contributed by atoms with van der Waals surface area (Å²) in [5.41, 5.74) is 5.29. The number of benzene rings is 1. The molecule has 5 nitrogen and oxygen atoms in total. The molecule has 6 heteroatoms. The Kier molecular flexibility index (Phi) is 4.69. The third-order valence-electron chi connectivity index (χ3n) is 4.42. The molecule has 0 aliphatic carbocycles. The van der Waals surface area contributed by atoms with E-state index >= 15 is 0 Å². The Labute approximate surface area is 138 Å². The van der Waals surface area contributed by atoms with Crippen molar-refractivity contribution in [3.05, 3.63) is 45.8 Å². The number of hydrogen-bond acceptors (Lipinski definition) is 3. The maximum atomic E-state index is 12.9. The zero-order chi connectivity index (χ0) is 17.5. The number of hydrogen-bond donors (Lipinski definition) is 1. The zero-order valence-corrected chi connectivity index (χ0v) is 15.7. The van der Waals surface area contributed by atoms with Gasteiger partial charge in [0.15, 0.2) is 0 Å². The molecule has 0 saturated heterocycles. The molecule has 0 amide bonds. The van der Waals surface area contributed by atoms with Crippen LogP contribution in [0.1, 0.15) is 46.5 Å². The van der Waals surface area contributed by atoms with Gasteiger partial charge in [0.2, 0.25) is 10.0 Å². The van der Waals surface area contributed by atoms with Crippen LogP contribution in [0.15, 0.2) is 17.2 Å². The van der Waals surface area contributed by atoms with E-state index in [0.29, 0.717) is 4.90 Å². The fourth-order valence-corrected chi connectivity index (χ4v) is 4.82. The Hall–Kier alpha value is -1.66. The second-order valence-corrected chi connectivity index (χ2v) is 7.93. The minimum Gasteiger partial charge on any atom is -0.275 e. The second-order valence-electron chi connectivity index (χ2n) is 6.28. The van der Waals surface area contributed by atoms with Gasteiger partial charge in [0.25, 0.3) is 0 Å². The van der Waals surface area contributed by atoms with Crippen LogP contribution >= 0.6 is 0 Å². The molecule has 0 fully saturated rings. The molecule has 1 aromatic carbocycles. The van der Waals surface area contributed by atoms with Gasteiger partial charge in [0.05, 0.1) is 10.6 Å². The van der Waals surface area contributed by atoms with Crippen molar-refractivity contribution in [2.24, 2.45) is 7.05 Å². The lowest BCUT2D eigenvalue weighted by Crippen LogP contribution is -2.28. The normalized spacial score (nSPS) is 13.3. The summed E-state index contributed by atoms with van der Waals surface area (Å²) in [6, 6.07) is 1.69. The van der Waals surface area contributed by atoms with E-state index in [-0.39, 0.29) is 6.04 Å². The van der Waals surface area contributed by atoms with Crippen molar-refractivity contribution in [1.29, 1.82) is 0 Å². The average molecular weight is 335 g/mol. The highest BCUT2D eigenvalue weighted by molar-refractivity contribution is 7.89. The Bertz CT molecular complexity index is 825. The fourth-order valence-electron chi connectivity index (χ4n) is 2.98. The lowest BCUT2D eigenvalue weighted by Gasteiger charge is -2.19. The van der Waals surface area contributed by atoms with Gasteiger partial charge >= 0.3 is 0 Å². The first-order valence-corrected chi connectivity index (χ1v) is 9.12. The predicted molar refractivity (Wildman–Crippen MR) is 92.1 cm³/mol. The van der Waals surface area contributed by atoms with Crippen molar-refractivity contribution in [1.82, 2.24) is 14.5 Å². The molecule has 0 spiro atoms. The van der Waals surface area contributed by atoms with E-state index in [2.05, 4.69) is 9.82 Å². The zero-order valence-electron chi connectivity index (χ0n) is 14.9. The molecular weight excluding hydrogens is 310 g/mol. The van der Waals surface area contributed by atoms with Crippen LogP contribution in [0.5, 0.6) is 0 Å². The summed E-state index contributed by atoms with van der Waals surface area (Å²) in [5.74, 6) is 0. The van der Waals surface area contributed by atoms with Crippen LogP contribution in [-0.4, -0.2) is 18.2 Å². The van der Waals surface area contributed by atoms with Crippen molar-refractivity contribution in [2.45, 2.75) is 52.5 Å². The summed E-state index contributed by atoms with van der Waals surface area (Å²) in [4.78, 5) is 0.392. The molecule has 1 heterocycles. The smallest absolute Gasteiger partial charge is 0.241 e. The van der Waals surface area contributed by atoms with E-state index in [1.165, 1.54) is 0 Å². The summed E-state index contributed by atoms with van der Waals surface area (Å²) in [6.45, 7) is 11.3. The largest absolute Gasteiger partial charge is 0.275 e. The SMILES string of the molecule is Cc1cc(C)c(C)c(S(=O)(=O)NC(C)c2cn(C)nc2C)c1C. The van der Waals surface area contributed by atoms with Crippen molar-refractivity contribution in [3.63, 3.8) is 0 Å². The van der Waals surface area contributed by atoms with Crippen molar-refractivity contribution < 1.29 is 8.42 Å². The molecule has 0 radical (unpaired) electrons. The first kappa shape index (κ1) is 17.7. The Morgan fingerprint density at radius 1 is 1.09 bits per heavy atom. The van der Waals surface area contributed by atoms with Crippen molar-refractivity contribution in [3.8, 4) is 0 Å². The lowest BCUT2D eigenvalue weighted by molar-refractivity contribution is 0.565. The molecule has 1 aromatic heterocycles. The van der Waals surface area contributed by atoms with Crippen LogP contribution in [0.4, 0.5) is 0 Å². The van der Waals surface area contributed by atoms with Gasteiger partial charge in [-0.05, 0) is 63.8 Å². The molecule has 0 bridgehead atoms. The highest BCUT2D eigenvalue weighted by atomic mass is 32.2. The molecule has 0 saturated carbocycles. The Morgan fingerprint density at radius 2 is 1.61 bits per heavy atom. The molecule has 2 rings (SSSR count). The molecular formula is C17H25N3O2S. The van der Waals surface area contributed by atoms with Gasteiger partial charge in [-0.2, -0.15) is 5.10 Å². The number of aromatic nitrogens is 2. The second kappa shape index (κ2) is 6.09. The minimum absolute atomic E-state index is 0.340. The molecule has 2 aromatic rings. The van der Waals surface area contributed by atoms with Crippen molar-refractivity contribution in [2.75, 3.05) is 0 Å². The van der Waals surface area contributed by atoms with Gasteiger partial charge in [-0.1, -0.05) is 6.07 Å². The van der Waals surface area contributed by atoms with E-state index in [9.17, 15) is 8.42 Å². The third kappa shape index (κ3) is 3.33. The van der Waals surface area contributed by atoms with Crippen LogP contribution in [-0.2, 0) is 17.1 Å². The van der Waals surface area contributed by atoms with Gasteiger partial charge in [-0.3, -0.25) is 4.68 Å². The van der Waals surface area contributed by atoms with Crippen LogP contribution in [0, 0.1) is 34.6 Å². The number of nitrogens with one attached hydrogen (secondary N) is 1. The van der Waals surface area contributed by atoms with E-state index in [1.54, 1.807) is 4.68 Å². The van der Waals surface area contributed by atoms with Gasteiger partial charge < -0.3 is 0 Å². The van der Waals surface area contributed by atoms with Crippen LogP contribution in [0.25, 0.3) is 0 Å². The topological polar surface area (TPSA) is 64.0 Å². The highest BCUT2D eigenvalue weighted by Gasteiger charge is 2.25. The molecule has 126 valence electrons. The van der Waals surface area contributed by atoms with Crippen LogP contribution in [0.3, 0.4) is 0 Å². The van der Waals surface area contributed by atoms with E-state index in [4.69, 9.17) is 0 Å². The van der Waals surface area contributed by atoms with E-state index in [0.717, 1.165) is 33.5 Å². The van der Waals surface area contributed by atoms with Crippen molar-refractivity contribution >= 4 is 10.0 Å². The number of rotatable bonds is 4. The Morgan fingerprint density at radius 3 is 2.04 bits per heavy atom. The maximum absolute atomic E-state index is 12.9. The minimum atomic E-state index is -3.61. The monoisotopic (exact) mass is 335 g/mol. The van der Waals surface area contributed by atoms with Gasteiger partial charge in [-0.25, -0.2) is 13.1 Å². The molecule has 1 atom stereocenters. The molecule has 0 aliphatic heterocycles.